The number of hydrogen-bond acceptors (Lipinski definition) is 4. The first-order valence-electron chi connectivity index (χ1n) is 8.90. The normalized spacial score (nSPS) is 18.3. The second kappa shape index (κ2) is 7.85. The molecule has 0 amide bonds. The van der Waals surface area contributed by atoms with Crippen molar-refractivity contribution in [3.63, 3.8) is 0 Å². The highest BCUT2D eigenvalue weighted by Crippen LogP contribution is 2.45. The molecule has 0 bridgehead atoms. The van der Waals surface area contributed by atoms with Gasteiger partial charge in [-0.05, 0) is 49.2 Å². The first-order chi connectivity index (χ1) is 13.1. The summed E-state index contributed by atoms with van der Waals surface area (Å²) in [7, 11) is 0. The third-order valence-corrected chi connectivity index (χ3v) is 6.07. The van der Waals surface area contributed by atoms with E-state index >= 15 is 0 Å². The number of rotatable bonds is 4. The molecule has 4 rings (SSSR count). The third-order valence-electron chi connectivity index (χ3n) is 4.82. The molecule has 27 heavy (non-hydrogen) atoms. The van der Waals surface area contributed by atoms with Gasteiger partial charge in [-0.2, -0.15) is 0 Å². The second-order valence-electron chi connectivity index (χ2n) is 6.62. The van der Waals surface area contributed by atoms with Crippen molar-refractivity contribution in [3.8, 4) is 0 Å². The fourth-order valence-electron chi connectivity index (χ4n) is 3.52. The van der Waals surface area contributed by atoms with Gasteiger partial charge >= 0.3 is 0 Å². The van der Waals surface area contributed by atoms with Crippen molar-refractivity contribution in [3.05, 3.63) is 92.4 Å². The lowest BCUT2D eigenvalue weighted by Crippen LogP contribution is -2.20. The van der Waals surface area contributed by atoms with Gasteiger partial charge in [0.1, 0.15) is 11.9 Å². The number of aromatic nitrogens is 1. The summed E-state index contributed by atoms with van der Waals surface area (Å²) in [6.45, 7) is 2.69. The van der Waals surface area contributed by atoms with Crippen molar-refractivity contribution < 1.29 is 9.84 Å². The topological polar surface area (TPSA) is 42.4 Å². The SMILES string of the molecule is Cc1ccc(C2=C(C(O)c3cccnc3)C(c3ccc(Cl)cc3)CCO2)s1. The van der Waals surface area contributed by atoms with Crippen LogP contribution in [-0.4, -0.2) is 16.7 Å². The number of aryl methyl sites for hydroxylation is 1. The molecule has 0 saturated heterocycles. The minimum atomic E-state index is -0.780. The number of pyridine rings is 1. The highest BCUT2D eigenvalue weighted by Gasteiger charge is 2.33. The van der Waals surface area contributed by atoms with Crippen molar-refractivity contribution in [2.75, 3.05) is 6.61 Å². The monoisotopic (exact) mass is 397 g/mol. The van der Waals surface area contributed by atoms with Gasteiger partial charge in [0.25, 0.3) is 0 Å². The molecule has 0 fully saturated rings. The summed E-state index contributed by atoms with van der Waals surface area (Å²) in [6, 6.07) is 15.7. The van der Waals surface area contributed by atoms with E-state index in [0.29, 0.717) is 11.6 Å². The zero-order chi connectivity index (χ0) is 18.8. The minimum Gasteiger partial charge on any atom is -0.492 e. The van der Waals surface area contributed by atoms with E-state index in [1.165, 1.54) is 4.88 Å². The van der Waals surface area contributed by atoms with Crippen molar-refractivity contribution in [2.45, 2.75) is 25.4 Å². The van der Waals surface area contributed by atoms with Crippen LogP contribution in [0.3, 0.4) is 0 Å². The average Bonchev–Trinajstić information content (AvgIpc) is 3.14. The summed E-state index contributed by atoms with van der Waals surface area (Å²) in [5.74, 6) is 0.847. The maximum Gasteiger partial charge on any atom is 0.139 e. The molecule has 0 spiro atoms. The lowest BCUT2D eigenvalue weighted by atomic mass is 9.81. The highest BCUT2D eigenvalue weighted by atomic mass is 35.5. The number of aliphatic hydroxyl groups excluding tert-OH is 1. The Hall–Kier alpha value is -2.14. The van der Waals surface area contributed by atoms with Crippen molar-refractivity contribution in [1.82, 2.24) is 4.98 Å². The highest BCUT2D eigenvalue weighted by molar-refractivity contribution is 7.13. The molecule has 2 aromatic heterocycles. The van der Waals surface area contributed by atoms with Crippen LogP contribution in [0.15, 0.2) is 66.5 Å². The predicted molar refractivity (Wildman–Crippen MR) is 110 cm³/mol. The molecule has 0 radical (unpaired) electrons. The van der Waals surface area contributed by atoms with Gasteiger partial charge in [0.15, 0.2) is 0 Å². The smallest absolute Gasteiger partial charge is 0.139 e. The zero-order valence-electron chi connectivity index (χ0n) is 14.9. The minimum absolute atomic E-state index is 0.0589. The van der Waals surface area contributed by atoms with Gasteiger partial charge in [-0.15, -0.1) is 11.3 Å². The number of halogens is 1. The Bertz CT molecular complexity index is 950. The number of hydrogen-bond donors (Lipinski definition) is 1. The van der Waals surface area contributed by atoms with Crippen LogP contribution in [0.5, 0.6) is 0 Å². The number of aliphatic hydroxyl groups is 1. The third kappa shape index (κ3) is 3.79. The maximum absolute atomic E-state index is 11.3. The Morgan fingerprint density at radius 1 is 1.19 bits per heavy atom. The molecule has 3 aromatic rings. The maximum atomic E-state index is 11.3. The lowest BCUT2D eigenvalue weighted by Gasteiger charge is -2.32. The molecule has 138 valence electrons. The molecule has 0 saturated carbocycles. The molecule has 2 atom stereocenters. The van der Waals surface area contributed by atoms with E-state index in [0.717, 1.165) is 33.8 Å². The first kappa shape index (κ1) is 18.2. The van der Waals surface area contributed by atoms with Crippen molar-refractivity contribution in [1.29, 1.82) is 0 Å². The molecule has 5 heteroatoms. The van der Waals surface area contributed by atoms with Crippen LogP contribution in [0.4, 0.5) is 0 Å². The van der Waals surface area contributed by atoms with Gasteiger partial charge in [-0.1, -0.05) is 29.8 Å². The van der Waals surface area contributed by atoms with E-state index in [1.54, 1.807) is 23.7 Å². The Morgan fingerprint density at radius 2 is 2.00 bits per heavy atom. The van der Waals surface area contributed by atoms with Crippen LogP contribution in [0.25, 0.3) is 5.76 Å². The Labute approximate surface area is 167 Å². The predicted octanol–water partition coefficient (Wildman–Crippen LogP) is 5.75. The molecule has 1 aliphatic rings. The summed E-state index contributed by atoms with van der Waals surface area (Å²) in [6.07, 6.45) is 3.45. The molecule has 1 aliphatic heterocycles. The van der Waals surface area contributed by atoms with Crippen LogP contribution in [0.1, 0.15) is 39.3 Å². The number of benzene rings is 1. The van der Waals surface area contributed by atoms with Crippen LogP contribution in [0, 0.1) is 6.92 Å². The Morgan fingerprint density at radius 3 is 2.67 bits per heavy atom. The fraction of sp³-hybridized carbons (Fsp3) is 0.227. The van der Waals surface area contributed by atoms with Crippen molar-refractivity contribution in [2.24, 2.45) is 0 Å². The Kier molecular flexibility index (Phi) is 5.30. The van der Waals surface area contributed by atoms with Gasteiger partial charge in [-0.3, -0.25) is 4.98 Å². The van der Waals surface area contributed by atoms with Gasteiger partial charge < -0.3 is 9.84 Å². The van der Waals surface area contributed by atoms with Crippen molar-refractivity contribution >= 4 is 28.7 Å². The standard InChI is InChI=1S/C22H20ClNO2S/c1-14-4-9-19(27-14)22-20(21(25)16-3-2-11-24-13-16)18(10-12-26-22)15-5-7-17(23)8-6-15/h2-9,11,13,18,21,25H,10,12H2,1H3. The van der Waals surface area contributed by atoms with E-state index in [4.69, 9.17) is 16.3 Å². The molecule has 1 aromatic carbocycles. The summed E-state index contributed by atoms with van der Waals surface area (Å²) in [4.78, 5) is 6.43. The summed E-state index contributed by atoms with van der Waals surface area (Å²) in [5, 5.41) is 12.0. The number of thiophene rings is 1. The average molecular weight is 398 g/mol. The summed E-state index contributed by atoms with van der Waals surface area (Å²) >= 11 is 7.76. The lowest BCUT2D eigenvalue weighted by molar-refractivity contribution is 0.175. The summed E-state index contributed by atoms with van der Waals surface area (Å²) < 4.78 is 6.09. The summed E-state index contributed by atoms with van der Waals surface area (Å²) in [5.41, 5.74) is 2.78. The number of nitrogens with zero attached hydrogens (tertiary/aromatic N) is 1. The molecule has 1 N–H and O–H groups in total. The van der Waals surface area contributed by atoms with E-state index in [9.17, 15) is 5.11 Å². The first-order valence-corrected chi connectivity index (χ1v) is 10.1. The number of ether oxygens (including phenoxy) is 1. The zero-order valence-corrected chi connectivity index (χ0v) is 16.5. The van der Waals surface area contributed by atoms with Gasteiger partial charge in [-0.25, -0.2) is 0 Å². The molecule has 3 nitrogen and oxygen atoms in total. The largest absolute Gasteiger partial charge is 0.492 e. The van der Waals surface area contributed by atoms with E-state index in [1.807, 2.05) is 36.4 Å². The van der Waals surface area contributed by atoms with Crippen LogP contribution in [-0.2, 0) is 4.74 Å². The van der Waals surface area contributed by atoms with E-state index in [2.05, 4.69) is 24.0 Å². The Balaban J connectivity index is 1.86. The molecular formula is C22H20ClNO2S. The van der Waals surface area contributed by atoms with Gasteiger partial charge in [0.05, 0.1) is 11.5 Å². The van der Waals surface area contributed by atoms with E-state index in [-0.39, 0.29) is 5.92 Å². The van der Waals surface area contributed by atoms with E-state index < -0.39 is 6.10 Å². The van der Waals surface area contributed by atoms with Crippen LogP contribution >= 0.6 is 22.9 Å². The van der Waals surface area contributed by atoms with Crippen LogP contribution in [0.2, 0.25) is 5.02 Å². The second-order valence-corrected chi connectivity index (χ2v) is 8.35. The van der Waals surface area contributed by atoms with Crippen LogP contribution < -0.4 is 0 Å². The van der Waals surface area contributed by atoms with Gasteiger partial charge in [0, 0.05) is 39.3 Å². The molecule has 3 heterocycles. The quantitative estimate of drug-likeness (QED) is 0.609. The molecular weight excluding hydrogens is 378 g/mol. The molecule has 0 aliphatic carbocycles. The fourth-order valence-corrected chi connectivity index (χ4v) is 4.53. The molecule has 2 unspecified atom stereocenters. The van der Waals surface area contributed by atoms with Gasteiger partial charge in [0.2, 0.25) is 0 Å².